The minimum atomic E-state index is 0.0116. The van der Waals surface area contributed by atoms with E-state index in [4.69, 9.17) is 4.74 Å². The van der Waals surface area contributed by atoms with E-state index in [1.807, 2.05) is 19.1 Å². The second-order valence-electron chi connectivity index (χ2n) is 8.13. The molecule has 1 atom stereocenters. The van der Waals surface area contributed by atoms with Crippen LogP contribution in [0.15, 0.2) is 72.1 Å². The molecule has 1 N–H and O–H groups in total. The smallest absolute Gasteiger partial charge is 0.176 e. The molecule has 0 aliphatic heterocycles. The molecule has 2 aromatic heterocycles. The van der Waals surface area contributed by atoms with Crippen LogP contribution in [0.4, 0.5) is 0 Å². The Morgan fingerprint density at radius 3 is 2.65 bits per heavy atom. The monoisotopic (exact) mass is 464 g/mol. The first kappa shape index (κ1) is 21.9. The van der Waals surface area contributed by atoms with E-state index in [-0.39, 0.29) is 5.92 Å². The van der Waals surface area contributed by atoms with Gasteiger partial charge in [-0.25, -0.2) is 0 Å². The maximum absolute atomic E-state index is 6.12. The molecule has 5 nitrogen and oxygen atoms in total. The molecule has 0 spiro atoms. The van der Waals surface area contributed by atoms with E-state index >= 15 is 0 Å². The molecule has 3 aromatic carbocycles. The number of aromatic nitrogens is 4. The van der Waals surface area contributed by atoms with Crippen LogP contribution in [-0.2, 0) is 13.0 Å². The number of nitrogens with zero attached hydrogens (tertiary/aromatic N) is 3. The quantitative estimate of drug-likeness (QED) is 0.286. The third-order valence-corrected chi connectivity index (χ3v) is 6.82. The van der Waals surface area contributed by atoms with Crippen LogP contribution in [0.1, 0.15) is 35.4 Å². The number of ether oxygens (including phenoxy) is 1. The molecule has 0 amide bonds. The molecule has 2 heterocycles. The number of thiophene rings is 1. The molecule has 168 valence electrons. The van der Waals surface area contributed by atoms with E-state index in [0.29, 0.717) is 18.9 Å². The van der Waals surface area contributed by atoms with Gasteiger partial charge in [-0.3, -0.25) is 0 Å². The zero-order valence-electron chi connectivity index (χ0n) is 19.1. The third-order valence-electron chi connectivity index (χ3n) is 5.86. The Kier molecular flexibility index (Phi) is 6.37. The van der Waals surface area contributed by atoms with Gasteiger partial charge in [-0.2, -0.15) is 5.21 Å². The first-order valence-electron chi connectivity index (χ1n) is 11.1. The second kappa shape index (κ2) is 9.90. The van der Waals surface area contributed by atoms with E-state index in [9.17, 15) is 0 Å². The summed E-state index contributed by atoms with van der Waals surface area (Å²) in [6, 6.07) is 23.2. The minimum Gasteiger partial charge on any atom is -0.489 e. The molecule has 0 fully saturated rings. The molecule has 0 bridgehead atoms. The Morgan fingerprint density at radius 1 is 1.03 bits per heavy atom. The van der Waals surface area contributed by atoms with Crippen molar-refractivity contribution in [2.24, 2.45) is 0 Å². The summed E-state index contributed by atoms with van der Waals surface area (Å²) in [5.74, 6) is 7.74. The number of hydrogen-bond acceptors (Lipinski definition) is 5. The van der Waals surface area contributed by atoms with Gasteiger partial charge in [0, 0.05) is 22.1 Å². The number of aromatic amines is 1. The lowest BCUT2D eigenvalue weighted by molar-refractivity contribution is 0.306. The van der Waals surface area contributed by atoms with Gasteiger partial charge in [-0.15, -0.1) is 27.5 Å². The van der Waals surface area contributed by atoms with Crippen molar-refractivity contribution in [1.29, 1.82) is 0 Å². The molecule has 1 unspecified atom stereocenters. The van der Waals surface area contributed by atoms with E-state index in [1.165, 1.54) is 26.8 Å². The highest BCUT2D eigenvalue weighted by molar-refractivity contribution is 7.17. The zero-order chi connectivity index (χ0) is 23.3. The maximum Gasteiger partial charge on any atom is 0.176 e. The molecule has 0 saturated carbocycles. The average Bonchev–Trinajstić information content (AvgIpc) is 3.53. The molecule has 0 aliphatic carbocycles. The number of nitrogens with one attached hydrogen (secondary N) is 1. The van der Waals surface area contributed by atoms with Crippen molar-refractivity contribution in [2.75, 3.05) is 0 Å². The van der Waals surface area contributed by atoms with Gasteiger partial charge in [0.25, 0.3) is 0 Å². The SMILES string of the molecule is CC#CC(Cc1nn[nH]n1)c1ccc(OCc2ccc3scc(-c4ccccc4C)c3c2)cc1. The molecular weight excluding hydrogens is 440 g/mol. The predicted molar refractivity (Wildman–Crippen MR) is 137 cm³/mol. The standard InChI is InChI=1S/C28H24N4OS/c1-3-6-22(16-28-29-31-32-30-28)21-10-12-23(13-11-21)33-17-20-9-14-27-25(15-20)26(18-34-27)24-8-5-4-7-19(24)2/h4-5,7-15,18,22H,16-17H2,1-2H3,(H,29,30,31,32). The number of aryl methyl sites for hydroxylation is 1. The van der Waals surface area contributed by atoms with Gasteiger partial charge in [-0.1, -0.05) is 53.6 Å². The molecule has 0 aliphatic rings. The van der Waals surface area contributed by atoms with Crippen LogP contribution < -0.4 is 4.74 Å². The summed E-state index contributed by atoms with van der Waals surface area (Å²) < 4.78 is 7.40. The van der Waals surface area contributed by atoms with Gasteiger partial charge in [0.1, 0.15) is 12.4 Å². The van der Waals surface area contributed by atoms with E-state index in [2.05, 4.69) is 99.4 Å². The van der Waals surface area contributed by atoms with Gasteiger partial charge >= 0.3 is 0 Å². The van der Waals surface area contributed by atoms with Gasteiger partial charge in [-0.05, 0) is 65.7 Å². The van der Waals surface area contributed by atoms with Crippen LogP contribution in [0.2, 0.25) is 0 Å². The summed E-state index contributed by atoms with van der Waals surface area (Å²) in [5.41, 5.74) is 6.11. The summed E-state index contributed by atoms with van der Waals surface area (Å²) in [4.78, 5) is 0. The summed E-state index contributed by atoms with van der Waals surface area (Å²) in [7, 11) is 0. The van der Waals surface area contributed by atoms with E-state index in [1.54, 1.807) is 11.3 Å². The molecule has 0 radical (unpaired) electrons. The van der Waals surface area contributed by atoms with E-state index < -0.39 is 0 Å². The molecule has 5 aromatic rings. The Morgan fingerprint density at radius 2 is 1.88 bits per heavy atom. The largest absolute Gasteiger partial charge is 0.489 e. The van der Waals surface area contributed by atoms with Gasteiger partial charge in [0.05, 0.1) is 5.92 Å². The molecular formula is C28H24N4OS. The van der Waals surface area contributed by atoms with Crippen LogP contribution >= 0.6 is 11.3 Å². The minimum absolute atomic E-state index is 0.0116. The van der Waals surface area contributed by atoms with Crippen molar-refractivity contribution in [1.82, 2.24) is 20.6 Å². The van der Waals surface area contributed by atoms with Crippen LogP contribution in [0.25, 0.3) is 21.2 Å². The Hall–Kier alpha value is -3.95. The fraction of sp³-hybridized carbons (Fsp3) is 0.179. The topological polar surface area (TPSA) is 63.7 Å². The Balaban J connectivity index is 1.31. The number of rotatable bonds is 7. The molecule has 34 heavy (non-hydrogen) atoms. The lowest BCUT2D eigenvalue weighted by Gasteiger charge is -2.11. The summed E-state index contributed by atoms with van der Waals surface area (Å²) >= 11 is 1.78. The highest BCUT2D eigenvalue weighted by Crippen LogP contribution is 2.36. The first-order chi connectivity index (χ1) is 16.7. The van der Waals surface area contributed by atoms with Crippen molar-refractivity contribution in [3.63, 3.8) is 0 Å². The predicted octanol–water partition coefficient (Wildman–Crippen LogP) is 6.32. The lowest BCUT2D eigenvalue weighted by atomic mass is 9.96. The fourth-order valence-corrected chi connectivity index (χ4v) is 5.03. The van der Waals surface area contributed by atoms with Gasteiger partial charge in [0.15, 0.2) is 5.82 Å². The summed E-state index contributed by atoms with van der Waals surface area (Å²) in [6.07, 6.45) is 0.613. The van der Waals surface area contributed by atoms with Crippen molar-refractivity contribution in [3.8, 4) is 28.7 Å². The Labute approximate surface area is 202 Å². The van der Waals surface area contributed by atoms with Crippen LogP contribution in [0.5, 0.6) is 5.75 Å². The number of benzene rings is 3. The maximum atomic E-state index is 6.12. The molecule has 6 heteroatoms. The Bertz CT molecular complexity index is 1460. The lowest BCUT2D eigenvalue weighted by Crippen LogP contribution is -2.03. The van der Waals surface area contributed by atoms with Gasteiger partial charge < -0.3 is 4.74 Å². The van der Waals surface area contributed by atoms with E-state index in [0.717, 1.165) is 16.9 Å². The molecule has 0 saturated heterocycles. The number of hydrogen-bond donors (Lipinski definition) is 1. The van der Waals surface area contributed by atoms with Crippen molar-refractivity contribution >= 4 is 21.4 Å². The number of H-pyrrole nitrogens is 1. The van der Waals surface area contributed by atoms with Crippen LogP contribution in [-0.4, -0.2) is 20.6 Å². The fourth-order valence-electron chi connectivity index (χ4n) is 4.09. The van der Waals surface area contributed by atoms with Crippen molar-refractivity contribution in [2.45, 2.75) is 32.8 Å². The normalized spacial score (nSPS) is 11.7. The third kappa shape index (κ3) is 4.70. The summed E-state index contributed by atoms with van der Waals surface area (Å²) in [6.45, 7) is 4.52. The second-order valence-corrected chi connectivity index (χ2v) is 9.04. The molecule has 5 rings (SSSR count). The van der Waals surface area contributed by atoms with Crippen molar-refractivity contribution < 1.29 is 4.74 Å². The highest BCUT2D eigenvalue weighted by Gasteiger charge is 2.13. The van der Waals surface area contributed by atoms with Gasteiger partial charge in [0.2, 0.25) is 0 Å². The highest BCUT2D eigenvalue weighted by atomic mass is 32.1. The van der Waals surface area contributed by atoms with Crippen molar-refractivity contribution in [3.05, 3.63) is 94.6 Å². The number of fused-ring (bicyclic) bond motifs is 1. The zero-order valence-corrected chi connectivity index (χ0v) is 19.9. The number of tetrazole rings is 1. The summed E-state index contributed by atoms with van der Waals surface area (Å²) in [5, 5.41) is 17.8. The average molecular weight is 465 g/mol. The first-order valence-corrected chi connectivity index (χ1v) is 12.0. The van der Waals surface area contributed by atoms with Crippen LogP contribution in [0, 0.1) is 18.8 Å². The van der Waals surface area contributed by atoms with Crippen LogP contribution in [0.3, 0.4) is 0 Å².